The summed E-state index contributed by atoms with van der Waals surface area (Å²) < 4.78 is 46.5. The van der Waals surface area contributed by atoms with Gasteiger partial charge in [0.05, 0.1) is 5.69 Å². The Hall–Kier alpha value is -3.86. The average Bonchev–Trinajstić information content (AvgIpc) is 2.78. The number of hydrogen-bond donors (Lipinski definition) is 4. The molecular formula is C21H20F3N5O3. The fourth-order valence-corrected chi connectivity index (χ4v) is 2.60. The molecule has 11 heteroatoms. The molecule has 0 radical (unpaired) electrons. The number of aliphatic hydroxyl groups excluding tert-OH is 1. The molecule has 0 spiro atoms. The van der Waals surface area contributed by atoms with Crippen LogP contribution in [0.2, 0.25) is 0 Å². The molecule has 0 aliphatic heterocycles. The first-order valence-electron chi connectivity index (χ1n) is 9.55. The number of nitrogens with one attached hydrogen (secondary N) is 3. The van der Waals surface area contributed by atoms with E-state index in [1.807, 2.05) is 0 Å². The molecule has 2 amide bonds. The van der Waals surface area contributed by atoms with Crippen molar-refractivity contribution in [2.75, 3.05) is 29.1 Å². The van der Waals surface area contributed by atoms with E-state index < -0.39 is 34.7 Å². The van der Waals surface area contributed by atoms with Crippen LogP contribution in [0.25, 0.3) is 0 Å². The highest BCUT2D eigenvalue weighted by Gasteiger charge is 2.17. The summed E-state index contributed by atoms with van der Waals surface area (Å²) in [7, 11) is 0. The lowest BCUT2D eigenvalue weighted by Gasteiger charge is -2.11. The van der Waals surface area contributed by atoms with Crippen LogP contribution in [-0.2, 0) is 0 Å². The minimum absolute atomic E-state index is 0.0525. The molecule has 168 valence electrons. The maximum Gasteiger partial charge on any atom is 0.323 e. The number of carbonyl (C=O) groups excluding carboxylic acids is 1. The summed E-state index contributed by atoms with van der Waals surface area (Å²) in [4.78, 5) is 20.3. The Morgan fingerprint density at radius 3 is 2.56 bits per heavy atom. The second-order valence-corrected chi connectivity index (χ2v) is 6.59. The van der Waals surface area contributed by atoms with E-state index >= 15 is 0 Å². The van der Waals surface area contributed by atoms with Crippen molar-refractivity contribution >= 4 is 23.4 Å². The Bertz CT molecular complexity index is 1100. The molecule has 3 aromatic rings. The number of urea groups is 1. The second kappa shape index (κ2) is 10.4. The second-order valence-electron chi connectivity index (χ2n) is 6.59. The van der Waals surface area contributed by atoms with Gasteiger partial charge in [-0.2, -0.15) is 4.98 Å². The number of carbonyl (C=O) groups is 1. The average molecular weight is 447 g/mol. The molecule has 0 aliphatic rings. The van der Waals surface area contributed by atoms with Crippen molar-refractivity contribution < 1.29 is 27.8 Å². The van der Waals surface area contributed by atoms with E-state index in [1.54, 1.807) is 18.2 Å². The molecule has 0 unspecified atom stereocenters. The standard InChI is InChI=1S/C21H20F3N5O3/c1-12-18(23)15(22)11-16(19(12)24)28-21(31)27-13-3-5-14(6-4-13)32-17-7-9-26-20(29-17)25-8-2-10-30/h3-7,9,11,30H,2,8,10H2,1H3,(H,25,26,29)(H2,27,28,31). The summed E-state index contributed by atoms with van der Waals surface area (Å²) in [6.45, 7) is 1.63. The van der Waals surface area contributed by atoms with Gasteiger partial charge in [0, 0.05) is 42.7 Å². The van der Waals surface area contributed by atoms with Gasteiger partial charge in [-0.3, -0.25) is 0 Å². The van der Waals surface area contributed by atoms with Crippen LogP contribution >= 0.6 is 0 Å². The Morgan fingerprint density at radius 1 is 1.09 bits per heavy atom. The van der Waals surface area contributed by atoms with E-state index in [-0.39, 0.29) is 12.5 Å². The van der Waals surface area contributed by atoms with E-state index in [4.69, 9.17) is 9.84 Å². The van der Waals surface area contributed by atoms with Crippen LogP contribution in [0.3, 0.4) is 0 Å². The number of benzene rings is 2. The Balaban J connectivity index is 1.59. The van der Waals surface area contributed by atoms with Crippen molar-refractivity contribution in [1.29, 1.82) is 0 Å². The molecule has 8 nitrogen and oxygen atoms in total. The van der Waals surface area contributed by atoms with Crippen LogP contribution in [0.15, 0.2) is 42.6 Å². The normalized spacial score (nSPS) is 10.5. The van der Waals surface area contributed by atoms with Crippen molar-refractivity contribution in [1.82, 2.24) is 9.97 Å². The molecule has 3 rings (SSSR count). The van der Waals surface area contributed by atoms with Gasteiger partial charge < -0.3 is 25.8 Å². The maximum absolute atomic E-state index is 14.0. The molecule has 0 atom stereocenters. The predicted octanol–water partition coefficient (Wildman–Crippen LogP) is 4.43. The van der Waals surface area contributed by atoms with Gasteiger partial charge in [0.15, 0.2) is 17.5 Å². The molecule has 0 bridgehead atoms. The molecule has 0 fully saturated rings. The number of hydrogen-bond acceptors (Lipinski definition) is 6. The lowest BCUT2D eigenvalue weighted by molar-refractivity contribution is 0.262. The Morgan fingerprint density at radius 2 is 1.84 bits per heavy atom. The number of aliphatic hydroxyl groups is 1. The highest BCUT2D eigenvalue weighted by molar-refractivity contribution is 5.99. The van der Waals surface area contributed by atoms with Crippen LogP contribution in [0.4, 0.5) is 35.3 Å². The zero-order valence-corrected chi connectivity index (χ0v) is 17.0. The zero-order chi connectivity index (χ0) is 23.1. The largest absolute Gasteiger partial charge is 0.439 e. The van der Waals surface area contributed by atoms with Gasteiger partial charge in [0.2, 0.25) is 11.8 Å². The number of anilines is 3. The van der Waals surface area contributed by atoms with E-state index in [2.05, 4.69) is 25.9 Å². The van der Waals surface area contributed by atoms with E-state index in [9.17, 15) is 18.0 Å². The Kier molecular flexibility index (Phi) is 7.45. The van der Waals surface area contributed by atoms with Gasteiger partial charge in [0.25, 0.3) is 0 Å². The molecule has 0 aliphatic carbocycles. The molecule has 32 heavy (non-hydrogen) atoms. The summed E-state index contributed by atoms with van der Waals surface area (Å²) in [5, 5.41) is 16.4. The van der Waals surface area contributed by atoms with E-state index in [1.165, 1.54) is 18.3 Å². The molecule has 1 heterocycles. The van der Waals surface area contributed by atoms with Gasteiger partial charge in [0.1, 0.15) is 5.75 Å². The summed E-state index contributed by atoms with van der Waals surface area (Å²) in [6.07, 6.45) is 2.07. The maximum atomic E-state index is 14.0. The van der Waals surface area contributed by atoms with Gasteiger partial charge in [-0.1, -0.05) is 0 Å². The third kappa shape index (κ3) is 5.85. The number of halogens is 3. The lowest BCUT2D eigenvalue weighted by Crippen LogP contribution is -2.20. The first kappa shape index (κ1) is 22.8. The third-order valence-electron chi connectivity index (χ3n) is 4.21. The molecule has 4 N–H and O–H groups in total. The van der Waals surface area contributed by atoms with Crippen LogP contribution < -0.4 is 20.7 Å². The first-order valence-corrected chi connectivity index (χ1v) is 9.55. The topological polar surface area (TPSA) is 108 Å². The highest BCUT2D eigenvalue weighted by atomic mass is 19.2. The molecule has 1 aromatic heterocycles. The number of ether oxygens (including phenoxy) is 1. The summed E-state index contributed by atoms with van der Waals surface area (Å²) >= 11 is 0. The summed E-state index contributed by atoms with van der Waals surface area (Å²) in [6, 6.07) is 7.50. The van der Waals surface area contributed by atoms with E-state index in [0.29, 0.717) is 36.4 Å². The highest BCUT2D eigenvalue weighted by Crippen LogP contribution is 2.24. The fraction of sp³-hybridized carbons (Fsp3) is 0.190. The molecule has 0 saturated carbocycles. The van der Waals surface area contributed by atoms with Crippen LogP contribution in [0.1, 0.15) is 12.0 Å². The molecular weight excluding hydrogens is 427 g/mol. The third-order valence-corrected chi connectivity index (χ3v) is 4.21. The van der Waals surface area contributed by atoms with Crippen LogP contribution in [-0.4, -0.2) is 34.3 Å². The lowest BCUT2D eigenvalue weighted by atomic mass is 10.2. The van der Waals surface area contributed by atoms with Gasteiger partial charge in [-0.15, -0.1) is 0 Å². The summed E-state index contributed by atoms with van der Waals surface area (Å²) in [5.74, 6) is -2.56. The molecule has 0 saturated heterocycles. The number of nitrogens with zero attached hydrogens (tertiary/aromatic N) is 2. The van der Waals surface area contributed by atoms with Gasteiger partial charge in [-0.25, -0.2) is 22.9 Å². The number of aromatic nitrogens is 2. The fourth-order valence-electron chi connectivity index (χ4n) is 2.60. The van der Waals surface area contributed by atoms with Crippen molar-refractivity contribution in [3.63, 3.8) is 0 Å². The van der Waals surface area contributed by atoms with Crippen LogP contribution in [0, 0.1) is 24.4 Å². The van der Waals surface area contributed by atoms with Gasteiger partial charge >= 0.3 is 6.03 Å². The van der Waals surface area contributed by atoms with Crippen molar-refractivity contribution in [3.05, 3.63) is 65.6 Å². The monoisotopic (exact) mass is 447 g/mol. The first-order chi connectivity index (χ1) is 15.4. The molecule has 2 aromatic carbocycles. The van der Waals surface area contributed by atoms with Crippen molar-refractivity contribution in [2.24, 2.45) is 0 Å². The van der Waals surface area contributed by atoms with Gasteiger partial charge in [-0.05, 0) is 37.6 Å². The SMILES string of the molecule is Cc1c(F)c(F)cc(NC(=O)Nc2ccc(Oc3ccnc(NCCCO)n3)cc2)c1F. The zero-order valence-electron chi connectivity index (χ0n) is 17.0. The minimum atomic E-state index is -1.30. The van der Waals surface area contributed by atoms with Crippen molar-refractivity contribution in [3.8, 4) is 11.6 Å². The number of rotatable bonds is 8. The Labute approximate surface area is 181 Å². The van der Waals surface area contributed by atoms with E-state index in [0.717, 1.165) is 6.92 Å². The quantitative estimate of drug-likeness (QED) is 0.301. The number of amides is 2. The van der Waals surface area contributed by atoms with Crippen molar-refractivity contribution in [2.45, 2.75) is 13.3 Å². The predicted molar refractivity (Wildman–Crippen MR) is 112 cm³/mol. The summed E-state index contributed by atoms with van der Waals surface area (Å²) in [5.41, 5.74) is -0.659. The smallest absolute Gasteiger partial charge is 0.323 e. The minimum Gasteiger partial charge on any atom is -0.439 e. The van der Waals surface area contributed by atoms with Crippen LogP contribution in [0.5, 0.6) is 11.6 Å².